The van der Waals surface area contributed by atoms with Crippen molar-refractivity contribution in [2.45, 2.75) is 6.42 Å². The van der Waals surface area contributed by atoms with E-state index in [-0.39, 0.29) is 5.76 Å². The van der Waals surface area contributed by atoms with Crippen LogP contribution in [0.15, 0.2) is 11.8 Å². The van der Waals surface area contributed by atoms with E-state index in [2.05, 4.69) is 9.88 Å². The molecule has 0 spiro atoms. The summed E-state index contributed by atoms with van der Waals surface area (Å²) in [5, 5.41) is 12.7. The molecule has 0 amide bonds. The molecule has 1 rings (SSSR count). The van der Waals surface area contributed by atoms with Crippen LogP contribution in [0.25, 0.3) is 0 Å². The van der Waals surface area contributed by atoms with Gasteiger partial charge in [-0.05, 0) is 0 Å². The number of rotatable bonds is 0. The molecule has 0 aromatic heterocycles. The standard InChI is InChI=1S/C5H6O3.H3NO2S/c6-4-1-2-8-5(7)3-4;1-4(2)3/h3,6H,1-2H2;1H2,(H,2,3)/p-1. The maximum absolute atomic E-state index is 10.2. The molecule has 7 heteroatoms. The van der Waals surface area contributed by atoms with Crippen LogP contribution in [0.5, 0.6) is 0 Å². The summed E-state index contributed by atoms with van der Waals surface area (Å²) >= 11 is -2.36. The van der Waals surface area contributed by atoms with E-state index < -0.39 is 17.2 Å². The Hall–Kier alpha value is -0.920. The molecule has 0 saturated heterocycles. The molecule has 1 unspecified atom stereocenters. The van der Waals surface area contributed by atoms with E-state index in [1.54, 1.807) is 0 Å². The van der Waals surface area contributed by atoms with E-state index in [1.165, 1.54) is 0 Å². The number of nitrogens with two attached hydrogens (primary N) is 1. The highest BCUT2D eigenvalue weighted by Crippen LogP contribution is 2.03. The lowest BCUT2D eigenvalue weighted by Gasteiger charge is -2.06. The minimum Gasteiger partial charge on any atom is -0.760 e. The molecule has 1 atom stereocenters. The van der Waals surface area contributed by atoms with Gasteiger partial charge in [0.25, 0.3) is 0 Å². The van der Waals surface area contributed by atoms with E-state index in [0.29, 0.717) is 13.0 Å². The summed E-state index contributed by atoms with van der Waals surface area (Å²) in [6.07, 6.45) is 1.54. The van der Waals surface area contributed by atoms with Gasteiger partial charge < -0.3 is 14.4 Å². The molecule has 6 nitrogen and oxygen atoms in total. The predicted octanol–water partition coefficient (Wildman–Crippen LogP) is -0.886. The number of esters is 1. The highest BCUT2D eigenvalue weighted by Gasteiger charge is 2.07. The zero-order valence-electron chi connectivity index (χ0n) is 6.06. The lowest BCUT2D eigenvalue weighted by atomic mass is 10.3. The van der Waals surface area contributed by atoms with Crippen molar-refractivity contribution in [2.75, 3.05) is 6.61 Å². The van der Waals surface area contributed by atoms with Crippen molar-refractivity contribution in [3.8, 4) is 0 Å². The number of hydrogen-bond acceptors (Lipinski definition) is 5. The van der Waals surface area contributed by atoms with Gasteiger partial charge in [0.05, 0.1) is 12.7 Å². The third-order valence-corrected chi connectivity index (χ3v) is 0.887. The third kappa shape index (κ3) is 7.19. The fourth-order valence-electron chi connectivity index (χ4n) is 0.506. The largest absolute Gasteiger partial charge is 0.760 e. The summed E-state index contributed by atoms with van der Waals surface area (Å²) in [5.74, 6) is -0.338. The first-order valence-corrected chi connectivity index (χ1v) is 4.06. The highest BCUT2D eigenvalue weighted by molar-refractivity contribution is 7.76. The molecule has 0 bridgehead atoms. The normalized spacial score (nSPS) is 18.2. The van der Waals surface area contributed by atoms with E-state index in [0.717, 1.165) is 6.08 Å². The minimum atomic E-state index is -2.36. The molecule has 70 valence electrons. The van der Waals surface area contributed by atoms with Gasteiger partial charge in [-0.25, -0.2) is 4.79 Å². The zero-order chi connectivity index (χ0) is 9.56. The molecule has 3 N–H and O–H groups in total. The first-order valence-electron chi connectivity index (χ1n) is 2.92. The second kappa shape index (κ2) is 5.70. The number of ether oxygens (including phenoxy) is 1. The lowest BCUT2D eigenvalue weighted by Crippen LogP contribution is -2.09. The maximum atomic E-state index is 10.2. The third-order valence-electron chi connectivity index (χ3n) is 0.887. The molecule has 0 aromatic carbocycles. The average molecular weight is 194 g/mol. The fourth-order valence-corrected chi connectivity index (χ4v) is 0.506. The summed E-state index contributed by atoms with van der Waals surface area (Å²) in [4.78, 5) is 10.2. The Bertz CT molecular complexity index is 210. The molecular formula is C5H8NO5S-. The monoisotopic (exact) mass is 194 g/mol. The van der Waals surface area contributed by atoms with Gasteiger partial charge in [-0.1, -0.05) is 0 Å². The highest BCUT2D eigenvalue weighted by atomic mass is 32.2. The SMILES string of the molecule is NS(=O)[O-].O=C1C=C(O)CCO1. The lowest BCUT2D eigenvalue weighted by molar-refractivity contribution is -0.139. The molecule has 1 aliphatic heterocycles. The second-order valence-corrected chi connectivity index (χ2v) is 2.33. The van der Waals surface area contributed by atoms with Gasteiger partial charge in [-0.3, -0.25) is 9.35 Å². The van der Waals surface area contributed by atoms with Crippen molar-refractivity contribution in [3.05, 3.63) is 11.8 Å². The maximum Gasteiger partial charge on any atom is 0.334 e. The van der Waals surface area contributed by atoms with Gasteiger partial charge in [0.2, 0.25) is 0 Å². The molecule has 0 saturated carbocycles. The Balaban J connectivity index is 0.000000261. The van der Waals surface area contributed by atoms with Gasteiger partial charge in [0, 0.05) is 17.7 Å². The van der Waals surface area contributed by atoms with Gasteiger partial charge in [0.15, 0.2) is 0 Å². The van der Waals surface area contributed by atoms with Crippen LogP contribution in [0.2, 0.25) is 0 Å². The summed E-state index contributed by atoms with van der Waals surface area (Å²) in [7, 11) is 0. The molecule has 1 heterocycles. The van der Waals surface area contributed by atoms with Crippen molar-refractivity contribution in [1.82, 2.24) is 0 Å². The van der Waals surface area contributed by atoms with Crippen LogP contribution in [-0.2, 0) is 20.8 Å². The van der Waals surface area contributed by atoms with Gasteiger partial charge in [-0.2, -0.15) is 0 Å². The van der Waals surface area contributed by atoms with E-state index in [1.807, 2.05) is 0 Å². The Morgan fingerprint density at radius 2 is 2.25 bits per heavy atom. The molecule has 0 radical (unpaired) electrons. The van der Waals surface area contributed by atoms with Crippen LogP contribution in [0, 0.1) is 0 Å². The Labute approximate surface area is 71.4 Å². The molecule has 0 fully saturated rings. The Kier molecular flexibility index (Phi) is 5.26. The Morgan fingerprint density at radius 1 is 1.75 bits per heavy atom. The zero-order valence-corrected chi connectivity index (χ0v) is 6.87. The van der Waals surface area contributed by atoms with Gasteiger partial charge in [0.1, 0.15) is 5.76 Å². The van der Waals surface area contributed by atoms with E-state index in [4.69, 9.17) is 13.9 Å². The number of aliphatic hydroxyl groups excluding tert-OH is 1. The van der Waals surface area contributed by atoms with Crippen molar-refractivity contribution < 1.29 is 23.4 Å². The van der Waals surface area contributed by atoms with Crippen LogP contribution in [-0.4, -0.2) is 26.4 Å². The number of aliphatic hydroxyl groups is 1. The molecule has 0 aliphatic carbocycles. The number of hydrogen-bond donors (Lipinski definition) is 2. The predicted molar refractivity (Wildman–Crippen MR) is 39.4 cm³/mol. The summed E-state index contributed by atoms with van der Waals surface area (Å²) in [5.41, 5.74) is 0. The van der Waals surface area contributed by atoms with E-state index in [9.17, 15) is 4.79 Å². The van der Waals surface area contributed by atoms with Crippen molar-refractivity contribution in [3.63, 3.8) is 0 Å². The van der Waals surface area contributed by atoms with Crippen LogP contribution >= 0.6 is 0 Å². The first-order chi connectivity index (χ1) is 5.52. The van der Waals surface area contributed by atoms with E-state index >= 15 is 0 Å². The molecule has 0 aromatic rings. The number of carbonyl (C=O) groups is 1. The summed E-state index contributed by atoms with van der Waals surface area (Å²) in [6.45, 7) is 0.307. The van der Waals surface area contributed by atoms with Crippen molar-refractivity contribution in [1.29, 1.82) is 0 Å². The minimum absolute atomic E-state index is 0.112. The van der Waals surface area contributed by atoms with Crippen LogP contribution < -0.4 is 5.14 Å². The van der Waals surface area contributed by atoms with Gasteiger partial charge >= 0.3 is 5.97 Å². The van der Waals surface area contributed by atoms with Crippen LogP contribution in [0.1, 0.15) is 6.42 Å². The molecule has 12 heavy (non-hydrogen) atoms. The fraction of sp³-hybridized carbons (Fsp3) is 0.400. The average Bonchev–Trinajstić information content (AvgIpc) is 1.84. The molecule has 1 aliphatic rings. The Morgan fingerprint density at radius 3 is 2.50 bits per heavy atom. The molecular weight excluding hydrogens is 186 g/mol. The van der Waals surface area contributed by atoms with Crippen molar-refractivity contribution >= 4 is 17.2 Å². The van der Waals surface area contributed by atoms with Crippen molar-refractivity contribution in [2.24, 2.45) is 5.14 Å². The second-order valence-electron chi connectivity index (χ2n) is 1.81. The van der Waals surface area contributed by atoms with Crippen LogP contribution in [0.3, 0.4) is 0 Å². The number of cyclic esters (lactones) is 1. The summed E-state index contributed by atoms with van der Waals surface area (Å²) < 4.78 is 22.0. The topological polar surface area (TPSA) is 113 Å². The number of carbonyl (C=O) groups excluding carboxylic acids is 1. The smallest absolute Gasteiger partial charge is 0.334 e. The first kappa shape index (κ1) is 11.1. The van der Waals surface area contributed by atoms with Crippen LogP contribution in [0.4, 0.5) is 0 Å². The van der Waals surface area contributed by atoms with Gasteiger partial charge in [-0.15, -0.1) is 0 Å². The quantitative estimate of drug-likeness (QED) is 0.384. The summed E-state index contributed by atoms with van der Waals surface area (Å²) in [6, 6.07) is 0.